The van der Waals surface area contributed by atoms with E-state index >= 15 is 0 Å². The standard InChI is InChI=1S/C11H12F3NO/c1-8(2)15-7-9-4-3-5-10(6-9)16-11(12,13)14/h3-6,15H,1,7H2,2H3. The molecule has 0 saturated carbocycles. The Morgan fingerprint density at radius 3 is 2.69 bits per heavy atom. The molecular weight excluding hydrogens is 219 g/mol. The fourth-order valence-corrected chi connectivity index (χ4v) is 1.11. The smallest absolute Gasteiger partial charge is 0.406 e. The van der Waals surface area contributed by atoms with Gasteiger partial charge in [-0.15, -0.1) is 13.2 Å². The molecule has 0 unspecified atom stereocenters. The van der Waals surface area contributed by atoms with Crippen LogP contribution in [-0.4, -0.2) is 6.36 Å². The molecule has 0 aromatic heterocycles. The summed E-state index contributed by atoms with van der Waals surface area (Å²) < 4.78 is 39.6. The summed E-state index contributed by atoms with van der Waals surface area (Å²) in [4.78, 5) is 0. The molecule has 0 aliphatic rings. The van der Waals surface area contributed by atoms with Crippen molar-refractivity contribution in [3.8, 4) is 5.75 Å². The van der Waals surface area contributed by atoms with E-state index < -0.39 is 6.36 Å². The molecule has 2 nitrogen and oxygen atoms in total. The van der Waals surface area contributed by atoms with Crippen molar-refractivity contribution < 1.29 is 17.9 Å². The van der Waals surface area contributed by atoms with Crippen LogP contribution in [0.25, 0.3) is 0 Å². The zero-order valence-corrected chi connectivity index (χ0v) is 8.77. The van der Waals surface area contributed by atoms with Crippen LogP contribution >= 0.6 is 0 Å². The highest BCUT2D eigenvalue weighted by atomic mass is 19.4. The van der Waals surface area contributed by atoms with Gasteiger partial charge in [0.15, 0.2) is 0 Å². The van der Waals surface area contributed by atoms with Crippen molar-refractivity contribution >= 4 is 0 Å². The van der Waals surface area contributed by atoms with Crippen molar-refractivity contribution in [2.45, 2.75) is 19.8 Å². The van der Waals surface area contributed by atoms with Crippen LogP contribution in [0.4, 0.5) is 13.2 Å². The number of halogens is 3. The first-order chi connectivity index (χ1) is 7.37. The molecule has 1 aromatic carbocycles. The van der Waals surface area contributed by atoms with Crippen LogP contribution in [0.5, 0.6) is 5.75 Å². The van der Waals surface area contributed by atoms with E-state index in [0.717, 1.165) is 5.70 Å². The minimum atomic E-state index is -4.65. The highest BCUT2D eigenvalue weighted by Crippen LogP contribution is 2.23. The summed E-state index contributed by atoms with van der Waals surface area (Å²) in [7, 11) is 0. The van der Waals surface area contributed by atoms with Gasteiger partial charge in [-0.25, -0.2) is 0 Å². The van der Waals surface area contributed by atoms with Gasteiger partial charge in [0.05, 0.1) is 0 Å². The summed E-state index contributed by atoms with van der Waals surface area (Å²) in [6, 6.07) is 5.82. The van der Waals surface area contributed by atoms with E-state index in [0.29, 0.717) is 12.1 Å². The average molecular weight is 231 g/mol. The molecule has 0 amide bonds. The van der Waals surface area contributed by atoms with Crippen molar-refractivity contribution in [2.75, 3.05) is 0 Å². The Kier molecular flexibility index (Phi) is 3.82. The molecule has 0 saturated heterocycles. The predicted molar refractivity (Wildman–Crippen MR) is 54.8 cm³/mol. The number of allylic oxidation sites excluding steroid dienone is 1. The van der Waals surface area contributed by atoms with Crippen LogP contribution in [0.3, 0.4) is 0 Å². The van der Waals surface area contributed by atoms with Crippen molar-refractivity contribution in [1.82, 2.24) is 5.32 Å². The van der Waals surface area contributed by atoms with Gasteiger partial charge in [-0.1, -0.05) is 18.7 Å². The van der Waals surface area contributed by atoms with Crippen molar-refractivity contribution in [3.05, 3.63) is 42.1 Å². The lowest BCUT2D eigenvalue weighted by Crippen LogP contribution is -2.17. The first-order valence-corrected chi connectivity index (χ1v) is 4.61. The maximum absolute atomic E-state index is 11.9. The van der Waals surface area contributed by atoms with E-state index in [4.69, 9.17) is 0 Å². The monoisotopic (exact) mass is 231 g/mol. The highest BCUT2D eigenvalue weighted by Gasteiger charge is 2.31. The molecule has 0 aliphatic heterocycles. The molecule has 1 rings (SSSR count). The Morgan fingerprint density at radius 1 is 1.44 bits per heavy atom. The number of hydrogen-bond acceptors (Lipinski definition) is 2. The third-order valence-corrected chi connectivity index (χ3v) is 1.73. The molecule has 0 fully saturated rings. The lowest BCUT2D eigenvalue weighted by Gasteiger charge is -2.10. The second-order valence-electron chi connectivity index (χ2n) is 3.33. The van der Waals surface area contributed by atoms with Gasteiger partial charge in [0.1, 0.15) is 5.75 Å². The topological polar surface area (TPSA) is 21.3 Å². The SMILES string of the molecule is C=C(C)NCc1cccc(OC(F)(F)F)c1. The Labute approximate surface area is 91.7 Å². The minimum Gasteiger partial charge on any atom is -0.406 e. The highest BCUT2D eigenvalue weighted by molar-refractivity contribution is 5.28. The lowest BCUT2D eigenvalue weighted by atomic mass is 10.2. The maximum atomic E-state index is 11.9. The van der Waals surface area contributed by atoms with E-state index in [9.17, 15) is 13.2 Å². The molecule has 0 heterocycles. The van der Waals surface area contributed by atoms with Crippen molar-refractivity contribution in [2.24, 2.45) is 0 Å². The van der Waals surface area contributed by atoms with Gasteiger partial charge >= 0.3 is 6.36 Å². The Hall–Kier alpha value is -1.65. The zero-order valence-electron chi connectivity index (χ0n) is 8.77. The molecule has 1 N–H and O–H groups in total. The third-order valence-electron chi connectivity index (χ3n) is 1.73. The van der Waals surface area contributed by atoms with Crippen LogP contribution in [0.2, 0.25) is 0 Å². The van der Waals surface area contributed by atoms with Gasteiger partial charge in [0.2, 0.25) is 0 Å². The molecule has 88 valence electrons. The molecule has 0 bridgehead atoms. The second kappa shape index (κ2) is 4.92. The van der Waals surface area contributed by atoms with E-state index in [-0.39, 0.29) is 5.75 Å². The lowest BCUT2D eigenvalue weighted by molar-refractivity contribution is -0.274. The summed E-state index contributed by atoms with van der Waals surface area (Å²) in [6.07, 6.45) is -4.65. The predicted octanol–water partition coefficient (Wildman–Crippen LogP) is 3.21. The van der Waals surface area contributed by atoms with Gasteiger partial charge in [-0.2, -0.15) is 0 Å². The van der Waals surface area contributed by atoms with Crippen LogP contribution < -0.4 is 10.1 Å². The third kappa shape index (κ3) is 4.72. The molecule has 0 spiro atoms. The molecule has 1 aromatic rings. The molecule has 16 heavy (non-hydrogen) atoms. The van der Waals surface area contributed by atoms with Crippen LogP contribution in [0.1, 0.15) is 12.5 Å². The summed E-state index contributed by atoms with van der Waals surface area (Å²) in [5.74, 6) is -0.214. The van der Waals surface area contributed by atoms with Gasteiger partial charge in [-0.3, -0.25) is 0 Å². The van der Waals surface area contributed by atoms with Gasteiger partial charge in [0.25, 0.3) is 0 Å². The normalized spacial score (nSPS) is 11.0. The number of rotatable bonds is 4. The summed E-state index contributed by atoms with van der Waals surface area (Å²) >= 11 is 0. The number of nitrogens with one attached hydrogen (secondary N) is 1. The Morgan fingerprint density at radius 2 is 2.12 bits per heavy atom. The summed E-state index contributed by atoms with van der Waals surface area (Å²) in [5.41, 5.74) is 1.45. The maximum Gasteiger partial charge on any atom is 0.573 e. The number of alkyl halides is 3. The van der Waals surface area contributed by atoms with Crippen molar-refractivity contribution in [3.63, 3.8) is 0 Å². The van der Waals surface area contributed by atoms with Gasteiger partial charge in [-0.05, 0) is 24.6 Å². The first kappa shape index (κ1) is 12.4. The molecular formula is C11H12F3NO. The van der Waals surface area contributed by atoms with E-state index in [1.807, 2.05) is 0 Å². The molecule has 0 atom stereocenters. The van der Waals surface area contributed by atoms with Crippen LogP contribution in [0.15, 0.2) is 36.5 Å². The van der Waals surface area contributed by atoms with E-state index in [2.05, 4.69) is 16.6 Å². The molecule has 0 radical (unpaired) electrons. The number of hydrogen-bond donors (Lipinski definition) is 1. The fourth-order valence-electron chi connectivity index (χ4n) is 1.11. The average Bonchev–Trinajstić information content (AvgIpc) is 2.12. The second-order valence-corrected chi connectivity index (χ2v) is 3.33. The number of ether oxygens (including phenoxy) is 1. The fraction of sp³-hybridized carbons (Fsp3) is 0.273. The Balaban J connectivity index is 2.67. The molecule has 0 aliphatic carbocycles. The van der Waals surface area contributed by atoms with Crippen molar-refractivity contribution in [1.29, 1.82) is 0 Å². The Bertz CT molecular complexity index is 374. The number of benzene rings is 1. The van der Waals surface area contributed by atoms with E-state index in [1.165, 1.54) is 18.2 Å². The van der Waals surface area contributed by atoms with Crippen LogP contribution in [-0.2, 0) is 6.54 Å². The summed E-state index contributed by atoms with van der Waals surface area (Å²) in [6.45, 7) is 5.82. The first-order valence-electron chi connectivity index (χ1n) is 4.61. The van der Waals surface area contributed by atoms with E-state index in [1.54, 1.807) is 13.0 Å². The summed E-state index contributed by atoms with van der Waals surface area (Å²) in [5, 5.41) is 2.92. The van der Waals surface area contributed by atoms with Gasteiger partial charge < -0.3 is 10.1 Å². The zero-order chi connectivity index (χ0) is 12.2. The quantitative estimate of drug-likeness (QED) is 0.859. The molecule has 5 heteroatoms. The largest absolute Gasteiger partial charge is 0.573 e. The van der Waals surface area contributed by atoms with Crippen LogP contribution in [0, 0.1) is 0 Å². The van der Waals surface area contributed by atoms with Gasteiger partial charge in [0, 0.05) is 12.2 Å². The minimum absolute atomic E-state index is 0.214.